The third-order valence-corrected chi connectivity index (χ3v) is 3.45. The molecule has 120 valence electrons. The molecule has 0 radical (unpaired) electrons. The van der Waals surface area contributed by atoms with Gasteiger partial charge >= 0.3 is 5.97 Å². The summed E-state index contributed by atoms with van der Waals surface area (Å²) < 4.78 is 13.7. The number of carboxylic acid groups (broad SMARTS) is 1. The third kappa shape index (κ3) is 3.22. The summed E-state index contributed by atoms with van der Waals surface area (Å²) in [5, 5.41) is 12.3. The molecule has 24 heavy (non-hydrogen) atoms. The maximum atomic E-state index is 13.7. The monoisotopic (exact) mass is 323 g/mol. The molecule has 0 amide bonds. The second kappa shape index (κ2) is 6.45. The van der Waals surface area contributed by atoms with Crippen LogP contribution in [0.1, 0.15) is 15.9 Å². The molecule has 0 aliphatic heterocycles. The van der Waals surface area contributed by atoms with E-state index in [2.05, 4.69) is 15.3 Å². The van der Waals surface area contributed by atoms with Gasteiger partial charge in [0, 0.05) is 0 Å². The Balaban J connectivity index is 1.88. The van der Waals surface area contributed by atoms with E-state index in [0.717, 1.165) is 5.56 Å². The number of nitrogens with zero attached hydrogens (tertiary/aromatic N) is 2. The minimum atomic E-state index is -1.02. The summed E-state index contributed by atoms with van der Waals surface area (Å²) in [5.74, 6) is -1.16. The number of rotatable bonds is 4. The average Bonchev–Trinajstić information content (AvgIpc) is 2.57. The molecule has 3 rings (SSSR count). The zero-order valence-electron chi connectivity index (χ0n) is 12.8. The van der Waals surface area contributed by atoms with E-state index in [9.17, 15) is 14.3 Å². The highest BCUT2D eigenvalue weighted by molar-refractivity contribution is 5.95. The Morgan fingerprint density at radius 3 is 2.50 bits per heavy atom. The van der Waals surface area contributed by atoms with Gasteiger partial charge in [-0.15, -0.1) is 0 Å². The second-order valence-corrected chi connectivity index (χ2v) is 5.25. The number of anilines is 2. The van der Waals surface area contributed by atoms with Gasteiger partial charge in [0.25, 0.3) is 0 Å². The van der Waals surface area contributed by atoms with Crippen LogP contribution in [-0.4, -0.2) is 21.0 Å². The quantitative estimate of drug-likeness (QED) is 0.758. The Labute approximate surface area is 137 Å². The first kappa shape index (κ1) is 15.6. The van der Waals surface area contributed by atoms with Crippen molar-refractivity contribution in [3.8, 4) is 11.4 Å². The summed E-state index contributed by atoms with van der Waals surface area (Å²) in [6, 6.07) is 11.3. The van der Waals surface area contributed by atoms with Crippen molar-refractivity contribution < 1.29 is 14.3 Å². The molecule has 3 aromatic rings. The summed E-state index contributed by atoms with van der Waals surface area (Å²) in [5.41, 5.74) is 2.28. The molecule has 0 aliphatic rings. The van der Waals surface area contributed by atoms with Crippen molar-refractivity contribution in [3.05, 3.63) is 71.8 Å². The molecular weight excluding hydrogens is 309 g/mol. The van der Waals surface area contributed by atoms with E-state index in [1.807, 2.05) is 13.0 Å². The highest BCUT2D eigenvalue weighted by Crippen LogP contribution is 2.23. The zero-order valence-corrected chi connectivity index (χ0v) is 12.8. The topological polar surface area (TPSA) is 75.1 Å². The van der Waals surface area contributed by atoms with E-state index in [1.54, 1.807) is 30.3 Å². The minimum Gasteiger partial charge on any atom is -0.478 e. The Bertz CT molecular complexity index is 895. The zero-order chi connectivity index (χ0) is 17.1. The first-order valence-electron chi connectivity index (χ1n) is 7.22. The summed E-state index contributed by atoms with van der Waals surface area (Å²) >= 11 is 0. The number of aryl methyl sites for hydroxylation is 1. The fourth-order valence-electron chi connectivity index (χ4n) is 2.27. The molecule has 0 unspecified atom stereocenters. The number of halogens is 1. The number of nitrogens with one attached hydrogen (secondary N) is 1. The molecule has 0 saturated carbocycles. The first-order chi connectivity index (χ1) is 11.5. The minimum absolute atomic E-state index is 0.160. The van der Waals surface area contributed by atoms with Crippen LogP contribution in [-0.2, 0) is 0 Å². The Kier molecular flexibility index (Phi) is 4.20. The van der Waals surface area contributed by atoms with Gasteiger partial charge < -0.3 is 10.4 Å². The standard InChI is InChI=1S/C18H14FN3O2/c1-11-6-7-16(14(8-11)18(23)24)22-12-9-20-17(21-10-12)13-4-2-3-5-15(13)19/h2-10,22H,1H3,(H,23,24). The van der Waals surface area contributed by atoms with Crippen molar-refractivity contribution in [2.45, 2.75) is 6.92 Å². The van der Waals surface area contributed by atoms with Crippen LogP contribution in [0.5, 0.6) is 0 Å². The van der Waals surface area contributed by atoms with E-state index in [1.165, 1.54) is 18.5 Å². The number of hydrogen-bond acceptors (Lipinski definition) is 4. The predicted molar refractivity (Wildman–Crippen MR) is 88.8 cm³/mol. The number of aromatic carboxylic acids is 1. The van der Waals surface area contributed by atoms with Gasteiger partial charge in [0.15, 0.2) is 5.82 Å². The van der Waals surface area contributed by atoms with Crippen molar-refractivity contribution in [1.82, 2.24) is 9.97 Å². The molecule has 0 fully saturated rings. The number of carboxylic acids is 1. The second-order valence-electron chi connectivity index (χ2n) is 5.25. The lowest BCUT2D eigenvalue weighted by Crippen LogP contribution is -2.04. The SMILES string of the molecule is Cc1ccc(Nc2cnc(-c3ccccc3F)nc2)c(C(=O)O)c1. The highest BCUT2D eigenvalue weighted by Gasteiger charge is 2.11. The average molecular weight is 323 g/mol. The lowest BCUT2D eigenvalue weighted by atomic mass is 10.1. The van der Waals surface area contributed by atoms with E-state index < -0.39 is 11.8 Å². The van der Waals surface area contributed by atoms with Crippen molar-refractivity contribution in [3.63, 3.8) is 0 Å². The number of carbonyl (C=O) groups is 1. The van der Waals surface area contributed by atoms with Gasteiger partial charge in [-0.05, 0) is 31.2 Å². The Morgan fingerprint density at radius 1 is 1.12 bits per heavy atom. The van der Waals surface area contributed by atoms with E-state index >= 15 is 0 Å². The third-order valence-electron chi connectivity index (χ3n) is 3.45. The Hall–Kier alpha value is -3.28. The van der Waals surface area contributed by atoms with Crippen LogP contribution in [0.25, 0.3) is 11.4 Å². The van der Waals surface area contributed by atoms with Crippen molar-refractivity contribution in [2.75, 3.05) is 5.32 Å². The summed E-state index contributed by atoms with van der Waals surface area (Å²) in [6.45, 7) is 1.82. The molecule has 2 aromatic carbocycles. The van der Waals surface area contributed by atoms with Crippen LogP contribution < -0.4 is 5.32 Å². The number of aromatic nitrogens is 2. The van der Waals surface area contributed by atoms with Crippen molar-refractivity contribution in [1.29, 1.82) is 0 Å². The maximum Gasteiger partial charge on any atom is 0.337 e. The molecule has 2 N–H and O–H groups in total. The fraction of sp³-hybridized carbons (Fsp3) is 0.0556. The van der Waals surface area contributed by atoms with Crippen LogP contribution in [0.15, 0.2) is 54.9 Å². The van der Waals surface area contributed by atoms with Gasteiger partial charge in [-0.1, -0.05) is 23.8 Å². The lowest BCUT2D eigenvalue weighted by Gasteiger charge is -2.10. The normalized spacial score (nSPS) is 10.4. The molecule has 6 heteroatoms. The van der Waals surface area contributed by atoms with Crippen LogP contribution in [0.3, 0.4) is 0 Å². The van der Waals surface area contributed by atoms with Gasteiger partial charge in [-0.2, -0.15) is 0 Å². The Morgan fingerprint density at radius 2 is 1.83 bits per heavy atom. The van der Waals surface area contributed by atoms with Crippen molar-refractivity contribution in [2.24, 2.45) is 0 Å². The molecule has 1 heterocycles. The van der Waals surface area contributed by atoms with Crippen LogP contribution >= 0.6 is 0 Å². The fourth-order valence-corrected chi connectivity index (χ4v) is 2.27. The molecule has 0 atom stereocenters. The van der Waals surface area contributed by atoms with Gasteiger partial charge in [0.2, 0.25) is 0 Å². The summed E-state index contributed by atoms with van der Waals surface area (Å²) in [7, 11) is 0. The van der Waals surface area contributed by atoms with Gasteiger partial charge in [-0.25, -0.2) is 19.2 Å². The number of benzene rings is 2. The number of hydrogen-bond donors (Lipinski definition) is 2. The first-order valence-corrected chi connectivity index (χ1v) is 7.22. The van der Waals surface area contributed by atoms with E-state index in [-0.39, 0.29) is 11.4 Å². The molecule has 0 bridgehead atoms. The van der Waals surface area contributed by atoms with E-state index in [4.69, 9.17) is 0 Å². The molecule has 1 aromatic heterocycles. The van der Waals surface area contributed by atoms with Gasteiger partial charge in [0.1, 0.15) is 5.82 Å². The van der Waals surface area contributed by atoms with Gasteiger partial charge in [-0.3, -0.25) is 0 Å². The highest BCUT2D eigenvalue weighted by atomic mass is 19.1. The largest absolute Gasteiger partial charge is 0.478 e. The predicted octanol–water partition coefficient (Wildman–Crippen LogP) is 4.03. The van der Waals surface area contributed by atoms with Crippen LogP contribution in [0, 0.1) is 12.7 Å². The molecule has 0 aliphatic carbocycles. The lowest BCUT2D eigenvalue weighted by molar-refractivity contribution is 0.0698. The summed E-state index contributed by atoms with van der Waals surface area (Å²) in [4.78, 5) is 19.6. The molecule has 0 saturated heterocycles. The van der Waals surface area contributed by atoms with Crippen LogP contribution in [0.2, 0.25) is 0 Å². The van der Waals surface area contributed by atoms with Crippen molar-refractivity contribution >= 4 is 17.3 Å². The maximum absolute atomic E-state index is 13.7. The molecule has 5 nitrogen and oxygen atoms in total. The van der Waals surface area contributed by atoms with Gasteiger partial charge in [0.05, 0.1) is 34.9 Å². The molecular formula is C18H14FN3O2. The van der Waals surface area contributed by atoms with Crippen LogP contribution in [0.4, 0.5) is 15.8 Å². The van der Waals surface area contributed by atoms with E-state index in [0.29, 0.717) is 16.9 Å². The smallest absolute Gasteiger partial charge is 0.337 e. The molecule has 0 spiro atoms. The summed E-state index contributed by atoms with van der Waals surface area (Å²) in [6.07, 6.45) is 2.97.